The minimum Gasteiger partial charge on any atom is -0.469 e. The fraction of sp³-hybridized carbons (Fsp3) is 0.562. The number of hydrogen-bond acceptors (Lipinski definition) is 4. The smallest absolute Gasteiger partial charge is 0.307 e. The molecule has 0 atom stereocenters. The third-order valence-electron chi connectivity index (χ3n) is 3.97. The lowest BCUT2D eigenvalue weighted by Crippen LogP contribution is -2.22. The second-order valence-electron chi connectivity index (χ2n) is 5.34. The molecule has 20 heavy (non-hydrogen) atoms. The molecular weight excluding hydrogens is 254 g/mol. The van der Waals surface area contributed by atoms with Crippen LogP contribution in [-0.4, -0.2) is 25.8 Å². The molecular formula is C16H23NO3. The maximum atomic E-state index is 11.0. The van der Waals surface area contributed by atoms with Gasteiger partial charge < -0.3 is 15.2 Å². The third kappa shape index (κ3) is 4.23. The summed E-state index contributed by atoms with van der Waals surface area (Å²) in [4.78, 5) is 11.0. The van der Waals surface area contributed by atoms with Gasteiger partial charge in [0.15, 0.2) is 0 Å². The number of ether oxygens (including phenoxy) is 2. The molecule has 0 saturated heterocycles. The van der Waals surface area contributed by atoms with Gasteiger partial charge in [-0.25, -0.2) is 0 Å². The van der Waals surface area contributed by atoms with Crippen LogP contribution < -0.4 is 5.73 Å². The van der Waals surface area contributed by atoms with Crippen molar-refractivity contribution in [3.8, 4) is 0 Å². The quantitative estimate of drug-likeness (QED) is 0.664. The third-order valence-corrected chi connectivity index (χ3v) is 3.97. The second kappa shape index (κ2) is 7.29. The SMILES string of the molecule is COC(=O)CCO[C@H]1CC[C@H](c2ccc(N)cc2)CC1. The van der Waals surface area contributed by atoms with E-state index in [0.717, 1.165) is 31.4 Å². The highest BCUT2D eigenvalue weighted by Crippen LogP contribution is 2.34. The zero-order valence-electron chi connectivity index (χ0n) is 12.0. The molecule has 2 rings (SSSR count). The number of hydrogen-bond donors (Lipinski definition) is 1. The minimum absolute atomic E-state index is 0.208. The van der Waals surface area contributed by atoms with Crippen LogP contribution in [0.25, 0.3) is 0 Å². The molecule has 1 saturated carbocycles. The van der Waals surface area contributed by atoms with Gasteiger partial charge in [0.2, 0.25) is 0 Å². The number of benzene rings is 1. The topological polar surface area (TPSA) is 61.5 Å². The molecule has 0 heterocycles. The molecule has 1 aliphatic carbocycles. The molecule has 1 aliphatic rings. The number of esters is 1. The summed E-state index contributed by atoms with van der Waals surface area (Å²) >= 11 is 0. The Bertz CT molecular complexity index is 422. The zero-order valence-corrected chi connectivity index (χ0v) is 12.0. The number of carbonyl (C=O) groups is 1. The molecule has 1 aromatic carbocycles. The first-order chi connectivity index (χ1) is 9.69. The van der Waals surface area contributed by atoms with E-state index >= 15 is 0 Å². The lowest BCUT2D eigenvalue weighted by Gasteiger charge is -2.28. The first-order valence-corrected chi connectivity index (χ1v) is 7.23. The summed E-state index contributed by atoms with van der Waals surface area (Å²) in [5.74, 6) is 0.400. The van der Waals surface area contributed by atoms with Crippen molar-refractivity contribution in [3.63, 3.8) is 0 Å². The Hall–Kier alpha value is -1.55. The van der Waals surface area contributed by atoms with E-state index in [-0.39, 0.29) is 12.1 Å². The molecule has 0 bridgehead atoms. The van der Waals surface area contributed by atoms with Crippen molar-refractivity contribution in [1.82, 2.24) is 0 Å². The van der Waals surface area contributed by atoms with Crippen molar-refractivity contribution in [2.24, 2.45) is 0 Å². The number of methoxy groups -OCH3 is 1. The highest BCUT2D eigenvalue weighted by molar-refractivity contribution is 5.69. The summed E-state index contributed by atoms with van der Waals surface area (Å²) in [7, 11) is 1.40. The van der Waals surface area contributed by atoms with Crippen molar-refractivity contribution in [3.05, 3.63) is 29.8 Å². The number of nitrogen functional groups attached to an aromatic ring is 1. The minimum atomic E-state index is -0.208. The van der Waals surface area contributed by atoms with E-state index in [2.05, 4.69) is 16.9 Å². The van der Waals surface area contributed by atoms with Gasteiger partial charge >= 0.3 is 5.97 Å². The fourth-order valence-electron chi connectivity index (χ4n) is 2.74. The molecule has 1 aromatic rings. The predicted octanol–water partition coefficient (Wildman–Crippen LogP) is 2.87. The molecule has 0 aliphatic heterocycles. The van der Waals surface area contributed by atoms with Crippen molar-refractivity contribution in [1.29, 1.82) is 0 Å². The van der Waals surface area contributed by atoms with Crippen LogP contribution in [0, 0.1) is 0 Å². The molecule has 4 nitrogen and oxygen atoms in total. The summed E-state index contributed by atoms with van der Waals surface area (Å²) in [6.07, 6.45) is 4.99. The van der Waals surface area contributed by atoms with Gasteiger partial charge in [-0.05, 0) is 49.3 Å². The van der Waals surface area contributed by atoms with Crippen molar-refractivity contribution < 1.29 is 14.3 Å². The standard InChI is InChI=1S/C16H23NO3/c1-19-16(18)10-11-20-15-8-4-13(5-9-15)12-2-6-14(17)7-3-12/h2-3,6-7,13,15H,4-5,8-11,17H2,1H3/t13-,15-. The Morgan fingerprint density at radius 2 is 1.85 bits per heavy atom. The number of rotatable bonds is 5. The molecule has 0 spiro atoms. The molecule has 0 unspecified atom stereocenters. The van der Waals surface area contributed by atoms with E-state index in [0.29, 0.717) is 18.9 Å². The summed E-state index contributed by atoms with van der Waals surface area (Å²) < 4.78 is 10.3. The Kier molecular flexibility index (Phi) is 5.41. The summed E-state index contributed by atoms with van der Waals surface area (Å²) in [6, 6.07) is 8.18. The molecule has 110 valence electrons. The Balaban J connectivity index is 1.72. The van der Waals surface area contributed by atoms with Gasteiger partial charge in [-0.3, -0.25) is 4.79 Å². The van der Waals surface area contributed by atoms with E-state index in [9.17, 15) is 4.79 Å². The van der Waals surface area contributed by atoms with Crippen molar-refractivity contribution in [2.75, 3.05) is 19.5 Å². The summed E-state index contributed by atoms with van der Waals surface area (Å²) in [5, 5.41) is 0. The highest BCUT2D eigenvalue weighted by Gasteiger charge is 2.22. The monoisotopic (exact) mass is 277 g/mol. The highest BCUT2D eigenvalue weighted by atomic mass is 16.5. The van der Waals surface area contributed by atoms with Gasteiger partial charge in [0.25, 0.3) is 0 Å². The van der Waals surface area contributed by atoms with Gasteiger partial charge in [0.1, 0.15) is 0 Å². The van der Waals surface area contributed by atoms with E-state index in [1.54, 1.807) is 0 Å². The van der Waals surface area contributed by atoms with Crippen LogP contribution in [0.3, 0.4) is 0 Å². The van der Waals surface area contributed by atoms with Crippen LogP contribution in [0.2, 0.25) is 0 Å². The number of anilines is 1. The van der Waals surface area contributed by atoms with Crippen LogP contribution in [0.1, 0.15) is 43.6 Å². The Morgan fingerprint density at radius 3 is 2.45 bits per heavy atom. The zero-order chi connectivity index (χ0) is 14.4. The number of nitrogens with two attached hydrogens (primary N) is 1. The van der Waals surface area contributed by atoms with Crippen LogP contribution in [0.5, 0.6) is 0 Å². The lowest BCUT2D eigenvalue weighted by atomic mass is 9.83. The summed E-state index contributed by atoms with van der Waals surface area (Å²) in [5.41, 5.74) is 7.89. The van der Waals surface area contributed by atoms with Gasteiger partial charge in [-0.15, -0.1) is 0 Å². The fourth-order valence-corrected chi connectivity index (χ4v) is 2.74. The average Bonchev–Trinajstić information content (AvgIpc) is 2.48. The van der Waals surface area contributed by atoms with E-state index in [1.807, 2.05) is 12.1 Å². The average molecular weight is 277 g/mol. The van der Waals surface area contributed by atoms with Crippen LogP contribution in [0.4, 0.5) is 5.69 Å². The van der Waals surface area contributed by atoms with Crippen LogP contribution in [-0.2, 0) is 14.3 Å². The van der Waals surface area contributed by atoms with Crippen LogP contribution in [0.15, 0.2) is 24.3 Å². The Labute approximate surface area is 120 Å². The largest absolute Gasteiger partial charge is 0.469 e. The van der Waals surface area contributed by atoms with Crippen molar-refractivity contribution in [2.45, 2.75) is 44.1 Å². The molecule has 0 radical (unpaired) electrons. The second-order valence-corrected chi connectivity index (χ2v) is 5.34. The van der Waals surface area contributed by atoms with Crippen LogP contribution >= 0.6 is 0 Å². The maximum Gasteiger partial charge on any atom is 0.307 e. The number of carbonyl (C=O) groups excluding carboxylic acids is 1. The predicted molar refractivity (Wildman–Crippen MR) is 78.4 cm³/mol. The first kappa shape index (κ1) is 14.9. The van der Waals surface area contributed by atoms with E-state index < -0.39 is 0 Å². The van der Waals surface area contributed by atoms with Gasteiger partial charge in [0.05, 0.1) is 26.2 Å². The van der Waals surface area contributed by atoms with Gasteiger partial charge in [-0.2, -0.15) is 0 Å². The normalized spacial score (nSPS) is 22.4. The van der Waals surface area contributed by atoms with E-state index in [1.165, 1.54) is 12.7 Å². The molecule has 0 aromatic heterocycles. The van der Waals surface area contributed by atoms with Crippen molar-refractivity contribution >= 4 is 11.7 Å². The lowest BCUT2D eigenvalue weighted by molar-refractivity contribution is -0.142. The van der Waals surface area contributed by atoms with E-state index in [4.69, 9.17) is 10.5 Å². The molecule has 4 heteroatoms. The molecule has 1 fully saturated rings. The Morgan fingerprint density at radius 1 is 1.20 bits per heavy atom. The molecule has 0 amide bonds. The summed E-state index contributed by atoms with van der Waals surface area (Å²) in [6.45, 7) is 0.462. The first-order valence-electron chi connectivity index (χ1n) is 7.23. The van der Waals surface area contributed by atoms with Gasteiger partial charge in [0, 0.05) is 5.69 Å². The van der Waals surface area contributed by atoms with Gasteiger partial charge in [-0.1, -0.05) is 12.1 Å². The molecule has 2 N–H and O–H groups in total. The maximum absolute atomic E-state index is 11.0.